The smallest absolute Gasteiger partial charge is 0.449 e. The highest BCUT2D eigenvalue weighted by atomic mass is 35.5. The number of alkyl halides is 1. The summed E-state index contributed by atoms with van der Waals surface area (Å²) in [6.07, 6.45) is 3.52. The van der Waals surface area contributed by atoms with Crippen LogP contribution in [0.25, 0.3) is 11.8 Å². The van der Waals surface area contributed by atoms with E-state index in [1.807, 2.05) is 4.57 Å². The van der Waals surface area contributed by atoms with E-state index in [2.05, 4.69) is 4.74 Å². The molecule has 1 aliphatic carbocycles. The Morgan fingerprint density at radius 2 is 2.14 bits per heavy atom. The van der Waals surface area contributed by atoms with Crippen molar-refractivity contribution in [3.05, 3.63) is 27.0 Å². The number of carboxylic acid groups (broad SMARTS) is 1. The number of fused-ring (bicyclic) bond motifs is 1. The molecule has 1 N–H and O–H groups in total. The second kappa shape index (κ2) is 4.96. The largest absolute Gasteiger partial charge is 0.511 e. The van der Waals surface area contributed by atoms with Crippen LogP contribution in [0, 0.1) is 0 Å². The van der Waals surface area contributed by atoms with E-state index in [4.69, 9.17) is 28.5 Å². The van der Waals surface area contributed by atoms with Gasteiger partial charge in [0.2, 0.25) is 5.43 Å². The van der Waals surface area contributed by atoms with Crippen LogP contribution in [-0.2, 0) is 0 Å². The topological polar surface area (TPSA) is 71.8 Å². The van der Waals surface area contributed by atoms with Crippen molar-refractivity contribution >= 4 is 41.3 Å². The Morgan fingerprint density at radius 1 is 1.48 bits per heavy atom. The number of pyridine rings is 1. The lowest BCUT2D eigenvalue weighted by molar-refractivity contribution is 0.143. The summed E-state index contributed by atoms with van der Waals surface area (Å²) in [6.45, 7) is 1.66. The fourth-order valence-electron chi connectivity index (χ4n) is 2.45. The van der Waals surface area contributed by atoms with Gasteiger partial charge in [-0.1, -0.05) is 11.6 Å². The minimum atomic E-state index is -1.52. The van der Waals surface area contributed by atoms with Crippen molar-refractivity contribution in [1.82, 2.24) is 8.99 Å². The summed E-state index contributed by atoms with van der Waals surface area (Å²) in [4.78, 5) is 23.2. The first-order chi connectivity index (χ1) is 9.90. The number of hydrogen-bond donors (Lipinski definition) is 1. The van der Waals surface area contributed by atoms with Gasteiger partial charge in [0.15, 0.2) is 5.75 Å². The van der Waals surface area contributed by atoms with Gasteiger partial charge >= 0.3 is 6.16 Å². The summed E-state index contributed by atoms with van der Waals surface area (Å²) in [5, 5.41) is 9.75. The Balaban J connectivity index is 2.38. The quantitative estimate of drug-likeness (QED) is 0.381. The Morgan fingerprint density at radius 3 is 2.71 bits per heavy atom. The molecule has 0 spiro atoms. The molecule has 0 amide bonds. The van der Waals surface area contributed by atoms with E-state index in [-0.39, 0.29) is 11.8 Å². The van der Waals surface area contributed by atoms with Crippen molar-refractivity contribution in [3.63, 3.8) is 0 Å². The minimum absolute atomic E-state index is 0.223. The number of rotatable bonds is 2. The van der Waals surface area contributed by atoms with Gasteiger partial charge in [-0.3, -0.25) is 9.21 Å². The van der Waals surface area contributed by atoms with Gasteiger partial charge in [0, 0.05) is 23.5 Å². The van der Waals surface area contributed by atoms with Gasteiger partial charge in [0.1, 0.15) is 5.50 Å². The summed E-state index contributed by atoms with van der Waals surface area (Å²) in [7, 11) is 0. The highest BCUT2D eigenvalue weighted by Crippen LogP contribution is 2.33. The standard InChI is InChI=1S/C13H12Cl2N2O4/c1-6-11-8(4-10(14)17(6)15)16(7-2-3-7)5-9(12(11)18)21-13(19)20/h4-5,7,10H,2-3H2,1H3,(H,19,20). The molecule has 2 aliphatic rings. The molecular formula is C13H12Cl2N2O4. The molecule has 1 unspecified atom stereocenters. The van der Waals surface area contributed by atoms with Gasteiger partial charge in [-0.05, 0) is 25.8 Å². The third kappa shape index (κ3) is 2.38. The summed E-state index contributed by atoms with van der Waals surface area (Å²) in [5.74, 6) is -0.223. The predicted molar refractivity (Wildman–Crippen MR) is 77.8 cm³/mol. The van der Waals surface area contributed by atoms with Gasteiger partial charge in [-0.2, -0.15) is 0 Å². The zero-order chi connectivity index (χ0) is 15.3. The van der Waals surface area contributed by atoms with Gasteiger partial charge in [-0.15, -0.1) is 0 Å². The fourth-order valence-corrected chi connectivity index (χ4v) is 2.86. The molecule has 2 heterocycles. The molecule has 1 aliphatic heterocycles. The van der Waals surface area contributed by atoms with Crippen LogP contribution in [0.15, 0.2) is 11.0 Å². The van der Waals surface area contributed by atoms with E-state index in [0.29, 0.717) is 16.3 Å². The van der Waals surface area contributed by atoms with Gasteiger partial charge < -0.3 is 14.4 Å². The molecule has 6 nitrogen and oxygen atoms in total. The zero-order valence-electron chi connectivity index (χ0n) is 11.0. The van der Waals surface area contributed by atoms with Crippen molar-refractivity contribution in [2.45, 2.75) is 31.3 Å². The van der Waals surface area contributed by atoms with E-state index in [1.165, 1.54) is 10.6 Å². The third-order valence-corrected chi connectivity index (χ3v) is 4.46. The van der Waals surface area contributed by atoms with Crippen molar-refractivity contribution in [2.24, 2.45) is 0 Å². The van der Waals surface area contributed by atoms with E-state index >= 15 is 0 Å². The van der Waals surface area contributed by atoms with Crippen LogP contribution >= 0.6 is 23.4 Å². The van der Waals surface area contributed by atoms with Gasteiger partial charge in [-0.25, -0.2) is 4.79 Å². The summed E-state index contributed by atoms with van der Waals surface area (Å²) in [5.41, 5.74) is -0.605. The maximum Gasteiger partial charge on any atom is 0.511 e. The molecule has 21 heavy (non-hydrogen) atoms. The Kier molecular flexibility index (Phi) is 3.37. The maximum atomic E-state index is 12.4. The van der Waals surface area contributed by atoms with Crippen LogP contribution in [0.2, 0.25) is 0 Å². The lowest BCUT2D eigenvalue weighted by Gasteiger charge is -2.24. The number of carbonyl (C=O) groups is 1. The van der Waals surface area contributed by atoms with Crippen LogP contribution in [0.3, 0.4) is 0 Å². The highest BCUT2D eigenvalue weighted by molar-refractivity contribution is 6.29. The Bertz CT molecular complexity index is 798. The average Bonchev–Trinajstić information content (AvgIpc) is 3.23. The van der Waals surface area contributed by atoms with E-state index in [0.717, 1.165) is 12.8 Å². The molecule has 112 valence electrons. The first-order valence-electron chi connectivity index (χ1n) is 6.38. The van der Waals surface area contributed by atoms with Crippen LogP contribution < -0.4 is 20.7 Å². The number of ether oxygens (including phenoxy) is 1. The van der Waals surface area contributed by atoms with Crippen molar-refractivity contribution in [2.75, 3.05) is 0 Å². The Hall–Kier alpha value is -1.66. The van der Waals surface area contributed by atoms with E-state index in [9.17, 15) is 9.59 Å². The van der Waals surface area contributed by atoms with Crippen molar-refractivity contribution in [3.8, 4) is 5.75 Å². The SMILES string of the molecule is CC1=c2c(=O)c(OC(=O)O)cn(C3CC3)c2=CC(Cl)N1Cl. The predicted octanol–water partition coefficient (Wildman–Crippen LogP) is 1.18. The summed E-state index contributed by atoms with van der Waals surface area (Å²) in [6, 6.07) is 0.227. The van der Waals surface area contributed by atoms with Crippen LogP contribution in [0.4, 0.5) is 4.79 Å². The molecule has 0 bridgehead atoms. The molecule has 0 aromatic carbocycles. The summed E-state index contributed by atoms with van der Waals surface area (Å²) < 4.78 is 7.69. The maximum absolute atomic E-state index is 12.4. The number of nitrogens with zero attached hydrogens (tertiary/aromatic N) is 2. The lowest BCUT2D eigenvalue weighted by Crippen LogP contribution is -2.52. The zero-order valence-corrected chi connectivity index (χ0v) is 12.6. The highest BCUT2D eigenvalue weighted by Gasteiger charge is 2.28. The second-order valence-electron chi connectivity index (χ2n) is 5.03. The number of hydrogen-bond acceptors (Lipinski definition) is 4. The first kappa shape index (κ1) is 14.3. The van der Waals surface area contributed by atoms with Crippen molar-refractivity contribution < 1.29 is 14.6 Å². The van der Waals surface area contributed by atoms with Gasteiger partial charge in [0.05, 0.1) is 16.8 Å². The average molecular weight is 331 g/mol. The van der Waals surface area contributed by atoms with Gasteiger partial charge in [0.25, 0.3) is 0 Å². The van der Waals surface area contributed by atoms with E-state index < -0.39 is 17.1 Å². The monoisotopic (exact) mass is 330 g/mol. The minimum Gasteiger partial charge on any atom is -0.449 e. The lowest BCUT2D eigenvalue weighted by atomic mass is 10.2. The van der Waals surface area contributed by atoms with Crippen LogP contribution in [0.5, 0.6) is 5.75 Å². The molecule has 0 radical (unpaired) electrons. The molecule has 1 aromatic rings. The first-order valence-corrected chi connectivity index (χ1v) is 7.15. The molecule has 1 fully saturated rings. The van der Waals surface area contributed by atoms with Crippen molar-refractivity contribution in [1.29, 1.82) is 0 Å². The number of halogens is 2. The summed E-state index contributed by atoms with van der Waals surface area (Å²) >= 11 is 12.2. The molecule has 1 aromatic heterocycles. The van der Waals surface area contributed by atoms with Crippen LogP contribution in [0.1, 0.15) is 25.8 Å². The Labute approximate surface area is 129 Å². The number of aromatic nitrogens is 1. The molecule has 1 atom stereocenters. The fraction of sp³-hybridized carbons (Fsp3) is 0.385. The molecule has 3 rings (SSSR count). The molecule has 1 saturated carbocycles. The molecule has 0 saturated heterocycles. The third-order valence-electron chi connectivity index (χ3n) is 3.57. The normalized spacial score (nSPS) is 20.8. The second-order valence-corrected chi connectivity index (χ2v) is 5.84. The van der Waals surface area contributed by atoms with Crippen LogP contribution in [-0.4, -0.2) is 25.7 Å². The molecular weight excluding hydrogens is 319 g/mol. The molecule has 8 heteroatoms. The van der Waals surface area contributed by atoms with E-state index in [1.54, 1.807) is 13.0 Å².